The number of rotatable bonds is 1. The first-order chi connectivity index (χ1) is 5.41. The van der Waals surface area contributed by atoms with Crippen molar-refractivity contribution in [3.8, 4) is 0 Å². The Bertz CT molecular complexity index is 253. The van der Waals surface area contributed by atoms with Gasteiger partial charge in [0.05, 0.1) is 5.69 Å². The average Bonchev–Trinajstić information content (AvgIpc) is 2.30. The number of nitrogens with zero attached hydrogens (tertiary/aromatic N) is 2. The standard InChI is InChI=1S/C10H18N2/c1-8(2)12-7-6-9(11-12)10(3,4)5/h6-8H,1-5H3. The molecule has 0 radical (unpaired) electrons. The van der Waals surface area contributed by atoms with Crippen LogP contribution < -0.4 is 0 Å². The highest BCUT2D eigenvalue weighted by atomic mass is 15.3. The fourth-order valence-corrected chi connectivity index (χ4v) is 1.03. The van der Waals surface area contributed by atoms with Gasteiger partial charge in [-0.25, -0.2) is 0 Å². The van der Waals surface area contributed by atoms with Crippen LogP contribution in [0.5, 0.6) is 0 Å². The Hall–Kier alpha value is -0.790. The topological polar surface area (TPSA) is 17.8 Å². The molecule has 1 aromatic heterocycles. The minimum Gasteiger partial charge on any atom is -0.270 e. The van der Waals surface area contributed by atoms with Crippen LogP contribution in [0, 0.1) is 0 Å². The van der Waals surface area contributed by atoms with Crippen molar-refractivity contribution in [2.24, 2.45) is 0 Å². The molecule has 0 fully saturated rings. The molecule has 2 nitrogen and oxygen atoms in total. The molecule has 0 aliphatic rings. The van der Waals surface area contributed by atoms with Crippen LogP contribution in [0.3, 0.4) is 0 Å². The predicted octanol–water partition coefficient (Wildman–Crippen LogP) is 2.76. The van der Waals surface area contributed by atoms with Crippen molar-refractivity contribution >= 4 is 0 Å². The van der Waals surface area contributed by atoms with E-state index in [-0.39, 0.29) is 5.41 Å². The summed E-state index contributed by atoms with van der Waals surface area (Å²) in [4.78, 5) is 0. The summed E-state index contributed by atoms with van der Waals surface area (Å²) < 4.78 is 2.00. The Kier molecular flexibility index (Phi) is 2.27. The molecule has 0 unspecified atom stereocenters. The Labute approximate surface area is 74.6 Å². The van der Waals surface area contributed by atoms with Gasteiger partial charge in [0.25, 0.3) is 0 Å². The molecule has 1 rings (SSSR count). The summed E-state index contributed by atoms with van der Waals surface area (Å²) in [6.07, 6.45) is 2.05. The van der Waals surface area contributed by atoms with Crippen molar-refractivity contribution in [3.05, 3.63) is 18.0 Å². The molecule has 0 saturated heterocycles. The molecule has 0 aliphatic carbocycles. The molecule has 0 spiro atoms. The monoisotopic (exact) mass is 166 g/mol. The normalized spacial score (nSPS) is 12.5. The van der Waals surface area contributed by atoms with Gasteiger partial charge in [-0.15, -0.1) is 0 Å². The zero-order chi connectivity index (χ0) is 9.35. The van der Waals surface area contributed by atoms with Crippen LogP contribution >= 0.6 is 0 Å². The highest BCUT2D eigenvalue weighted by Crippen LogP contribution is 2.20. The summed E-state index contributed by atoms with van der Waals surface area (Å²) in [6, 6.07) is 2.56. The van der Waals surface area contributed by atoms with Crippen LogP contribution in [0.4, 0.5) is 0 Å². The molecule has 0 saturated carbocycles. The summed E-state index contributed by atoms with van der Waals surface area (Å²) in [6.45, 7) is 10.8. The quantitative estimate of drug-likeness (QED) is 0.627. The van der Waals surface area contributed by atoms with Crippen LogP contribution in [-0.4, -0.2) is 9.78 Å². The van der Waals surface area contributed by atoms with Crippen molar-refractivity contribution in [1.29, 1.82) is 0 Å². The van der Waals surface area contributed by atoms with Gasteiger partial charge in [0.15, 0.2) is 0 Å². The van der Waals surface area contributed by atoms with Crippen LogP contribution in [0.2, 0.25) is 0 Å². The van der Waals surface area contributed by atoms with Crippen molar-refractivity contribution in [2.45, 2.75) is 46.1 Å². The van der Waals surface area contributed by atoms with E-state index in [1.807, 2.05) is 10.9 Å². The highest BCUT2D eigenvalue weighted by Gasteiger charge is 2.16. The maximum Gasteiger partial charge on any atom is 0.0678 e. The van der Waals surface area contributed by atoms with Crippen molar-refractivity contribution < 1.29 is 0 Å². The lowest BCUT2D eigenvalue weighted by atomic mass is 9.93. The average molecular weight is 166 g/mol. The summed E-state index contributed by atoms with van der Waals surface area (Å²) >= 11 is 0. The summed E-state index contributed by atoms with van der Waals surface area (Å²) in [5.74, 6) is 0. The summed E-state index contributed by atoms with van der Waals surface area (Å²) in [5.41, 5.74) is 1.33. The van der Waals surface area contributed by atoms with E-state index in [9.17, 15) is 0 Å². The van der Waals surface area contributed by atoms with Crippen LogP contribution in [0.25, 0.3) is 0 Å². The maximum absolute atomic E-state index is 4.50. The van der Waals surface area contributed by atoms with E-state index >= 15 is 0 Å². The lowest BCUT2D eigenvalue weighted by Gasteiger charge is -2.14. The predicted molar refractivity (Wildman–Crippen MR) is 51.3 cm³/mol. The largest absolute Gasteiger partial charge is 0.270 e. The molecule has 0 atom stereocenters. The van der Waals surface area contributed by atoms with E-state index in [0.29, 0.717) is 6.04 Å². The molecule has 0 N–H and O–H groups in total. The number of aromatic nitrogens is 2. The first kappa shape index (κ1) is 9.30. The third kappa shape index (κ3) is 1.87. The molecule has 68 valence electrons. The molecule has 0 aliphatic heterocycles. The summed E-state index contributed by atoms with van der Waals surface area (Å²) in [5, 5.41) is 4.50. The van der Waals surface area contributed by atoms with Gasteiger partial charge in [0.2, 0.25) is 0 Å². The molecule has 1 aromatic rings. The minimum absolute atomic E-state index is 0.167. The van der Waals surface area contributed by atoms with Gasteiger partial charge in [-0.2, -0.15) is 5.10 Å². The van der Waals surface area contributed by atoms with E-state index in [4.69, 9.17) is 0 Å². The molecular formula is C10H18N2. The van der Waals surface area contributed by atoms with Crippen molar-refractivity contribution in [3.63, 3.8) is 0 Å². The first-order valence-corrected chi connectivity index (χ1v) is 4.47. The van der Waals surface area contributed by atoms with E-state index in [1.165, 1.54) is 0 Å². The fourth-order valence-electron chi connectivity index (χ4n) is 1.03. The van der Waals surface area contributed by atoms with Gasteiger partial charge >= 0.3 is 0 Å². The van der Waals surface area contributed by atoms with Crippen LogP contribution in [0.1, 0.15) is 46.4 Å². The zero-order valence-corrected chi connectivity index (χ0v) is 8.63. The molecule has 0 aromatic carbocycles. The Morgan fingerprint density at radius 2 is 1.92 bits per heavy atom. The smallest absolute Gasteiger partial charge is 0.0678 e. The minimum atomic E-state index is 0.167. The SMILES string of the molecule is CC(C)n1ccc(C(C)(C)C)n1. The van der Waals surface area contributed by atoms with Gasteiger partial charge in [0.1, 0.15) is 0 Å². The van der Waals surface area contributed by atoms with Gasteiger partial charge in [-0.05, 0) is 19.9 Å². The molecule has 2 heteroatoms. The van der Waals surface area contributed by atoms with Gasteiger partial charge in [-0.3, -0.25) is 4.68 Å². The Morgan fingerprint density at radius 1 is 1.33 bits per heavy atom. The second-order valence-electron chi connectivity index (χ2n) is 4.52. The Balaban J connectivity index is 2.92. The third-order valence-electron chi connectivity index (χ3n) is 1.91. The fraction of sp³-hybridized carbons (Fsp3) is 0.700. The van der Waals surface area contributed by atoms with Gasteiger partial charge in [0, 0.05) is 17.7 Å². The number of hydrogen-bond acceptors (Lipinski definition) is 1. The molecule has 1 heterocycles. The molecule has 12 heavy (non-hydrogen) atoms. The Morgan fingerprint density at radius 3 is 2.17 bits per heavy atom. The van der Waals surface area contributed by atoms with Gasteiger partial charge in [-0.1, -0.05) is 20.8 Å². The zero-order valence-electron chi connectivity index (χ0n) is 8.63. The number of hydrogen-bond donors (Lipinski definition) is 0. The van der Waals surface area contributed by atoms with E-state index < -0.39 is 0 Å². The van der Waals surface area contributed by atoms with Gasteiger partial charge < -0.3 is 0 Å². The molecule has 0 bridgehead atoms. The molecular weight excluding hydrogens is 148 g/mol. The second kappa shape index (κ2) is 2.92. The summed E-state index contributed by atoms with van der Waals surface area (Å²) in [7, 11) is 0. The van der Waals surface area contributed by atoms with Crippen LogP contribution in [-0.2, 0) is 5.41 Å². The third-order valence-corrected chi connectivity index (χ3v) is 1.91. The second-order valence-corrected chi connectivity index (χ2v) is 4.52. The van der Waals surface area contributed by atoms with E-state index in [1.54, 1.807) is 0 Å². The maximum atomic E-state index is 4.50. The first-order valence-electron chi connectivity index (χ1n) is 4.47. The lowest BCUT2D eigenvalue weighted by molar-refractivity contribution is 0.495. The van der Waals surface area contributed by atoms with E-state index in [2.05, 4.69) is 45.8 Å². The van der Waals surface area contributed by atoms with Crippen molar-refractivity contribution in [2.75, 3.05) is 0 Å². The highest BCUT2D eigenvalue weighted by molar-refractivity contribution is 5.10. The van der Waals surface area contributed by atoms with Crippen molar-refractivity contribution in [1.82, 2.24) is 9.78 Å². The van der Waals surface area contributed by atoms with Crippen LogP contribution in [0.15, 0.2) is 12.3 Å². The molecule has 0 amide bonds. The van der Waals surface area contributed by atoms with E-state index in [0.717, 1.165) is 5.69 Å². The lowest BCUT2D eigenvalue weighted by Crippen LogP contribution is -2.13.